The number of nitrogens with zero attached hydrogens (tertiary/aromatic N) is 3. The zero-order valence-electron chi connectivity index (χ0n) is 11.8. The molecule has 2 aromatic rings. The van der Waals surface area contributed by atoms with Gasteiger partial charge in [0, 0.05) is 11.8 Å². The van der Waals surface area contributed by atoms with Crippen molar-refractivity contribution < 1.29 is 4.79 Å². The summed E-state index contributed by atoms with van der Waals surface area (Å²) in [4.78, 5) is 30.5. The average molecular weight is 325 g/mol. The smallest absolute Gasteiger partial charge is 0.251 e. The Balaban J connectivity index is 2.08. The number of carbonyl (C=O) groups excluding carboxylic acids is 1. The van der Waals surface area contributed by atoms with E-state index in [1.165, 1.54) is 29.2 Å². The highest BCUT2D eigenvalue weighted by atomic mass is 32.2. The minimum Gasteiger partial charge on any atom is -0.301 e. The number of amides is 1. The molecule has 2 heterocycles. The van der Waals surface area contributed by atoms with Crippen molar-refractivity contribution in [2.24, 2.45) is 0 Å². The van der Waals surface area contributed by atoms with Crippen LogP contribution in [0.25, 0.3) is 0 Å². The molecule has 0 aromatic carbocycles. The molecule has 0 unspecified atom stereocenters. The van der Waals surface area contributed by atoms with Crippen LogP contribution in [0.5, 0.6) is 0 Å². The van der Waals surface area contributed by atoms with Gasteiger partial charge in [-0.25, -0.2) is 4.98 Å². The molecule has 2 rings (SSSR count). The summed E-state index contributed by atoms with van der Waals surface area (Å²) in [5, 5.41) is 11.8. The van der Waals surface area contributed by atoms with Gasteiger partial charge in [0.2, 0.25) is 11.0 Å². The topological polar surface area (TPSA) is 101 Å². The molecule has 0 aliphatic rings. The average Bonchev–Trinajstić information content (AvgIpc) is 2.80. The highest BCUT2D eigenvalue weighted by molar-refractivity contribution is 8.00. The predicted molar refractivity (Wildman–Crippen MR) is 82.8 cm³/mol. The first-order chi connectivity index (χ1) is 9.97. The van der Waals surface area contributed by atoms with Crippen LogP contribution >= 0.6 is 23.1 Å². The van der Waals surface area contributed by atoms with E-state index in [-0.39, 0.29) is 16.7 Å². The lowest BCUT2D eigenvalue weighted by atomic mass is 10.3. The second kappa shape index (κ2) is 6.81. The molecule has 112 valence electrons. The Hall–Kier alpha value is -1.74. The van der Waals surface area contributed by atoms with E-state index in [1.807, 2.05) is 13.8 Å². The fraction of sp³-hybridized carbons (Fsp3) is 0.417. The zero-order chi connectivity index (χ0) is 15.4. The largest absolute Gasteiger partial charge is 0.301 e. The monoisotopic (exact) mass is 325 g/mol. The van der Waals surface area contributed by atoms with Gasteiger partial charge in [0.1, 0.15) is 5.01 Å². The van der Waals surface area contributed by atoms with E-state index in [4.69, 9.17) is 0 Å². The van der Waals surface area contributed by atoms with E-state index < -0.39 is 0 Å². The number of aromatic nitrogens is 4. The lowest BCUT2D eigenvalue weighted by molar-refractivity contribution is -0.115. The highest BCUT2D eigenvalue weighted by Gasteiger charge is 2.20. The van der Waals surface area contributed by atoms with Gasteiger partial charge in [-0.2, -0.15) is 0 Å². The van der Waals surface area contributed by atoms with Crippen LogP contribution < -0.4 is 10.9 Å². The molecule has 0 saturated carbocycles. The number of hydrogen-bond acceptors (Lipinski definition) is 7. The summed E-state index contributed by atoms with van der Waals surface area (Å²) in [6.07, 6.45) is 0.603. The predicted octanol–water partition coefficient (Wildman–Crippen LogP) is 1.75. The molecule has 0 saturated heterocycles. The number of nitrogens with one attached hydrogen (secondary N) is 2. The van der Waals surface area contributed by atoms with Crippen LogP contribution in [0.3, 0.4) is 0 Å². The van der Waals surface area contributed by atoms with Gasteiger partial charge in [-0.1, -0.05) is 30.0 Å². The number of rotatable bonds is 5. The van der Waals surface area contributed by atoms with Gasteiger partial charge >= 0.3 is 0 Å². The highest BCUT2D eigenvalue weighted by Crippen LogP contribution is 2.23. The van der Waals surface area contributed by atoms with Crippen molar-refractivity contribution in [3.63, 3.8) is 0 Å². The van der Waals surface area contributed by atoms with Gasteiger partial charge in [-0.05, 0) is 20.3 Å². The van der Waals surface area contributed by atoms with Crippen LogP contribution in [-0.4, -0.2) is 31.3 Å². The Morgan fingerprint density at radius 2 is 2.24 bits per heavy atom. The molecule has 0 radical (unpaired) electrons. The first kappa shape index (κ1) is 15.6. The lowest BCUT2D eigenvalue weighted by Crippen LogP contribution is -2.25. The molecule has 0 fully saturated rings. The van der Waals surface area contributed by atoms with Crippen LogP contribution in [0.1, 0.15) is 24.0 Å². The van der Waals surface area contributed by atoms with Crippen molar-refractivity contribution >= 4 is 34.1 Å². The molecule has 0 aliphatic heterocycles. The van der Waals surface area contributed by atoms with E-state index in [0.717, 1.165) is 5.01 Å². The molecule has 2 aromatic heterocycles. The maximum Gasteiger partial charge on any atom is 0.251 e. The molecule has 1 amide bonds. The molecule has 2 N–H and O–H groups in total. The van der Waals surface area contributed by atoms with Crippen molar-refractivity contribution in [3.8, 4) is 0 Å². The Labute approximate surface area is 129 Å². The van der Waals surface area contributed by atoms with Crippen molar-refractivity contribution in [3.05, 3.63) is 27.1 Å². The van der Waals surface area contributed by atoms with Crippen LogP contribution in [-0.2, 0) is 4.79 Å². The van der Waals surface area contributed by atoms with Crippen molar-refractivity contribution in [1.29, 1.82) is 0 Å². The second-order valence-electron chi connectivity index (χ2n) is 4.32. The van der Waals surface area contributed by atoms with E-state index in [9.17, 15) is 9.59 Å². The normalized spacial score (nSPS) is 12.1. The maximum atomic E-state index is 12.2. The first-order valence-corrected chi connectivity index (χ1v) is 8.03. The number of H-pyrrole nitrogens is 1. The molecule has 21 heavy (non-hydrogen) atoms. The Kier molecular flexibility index (Phi) is 5.07. The summed E-state index contributed by atoms with van der Waals surface area (Å²) in [6.45, 7) is 5.46. The molecular weight excluding hydrogens is 310 g/mol. The molecule has 0 aliphatic carbocycles. The fourth-order valence-corrected chi connectivity index (χ4v) is 3.15. The van der Waals surface area contributed by atoms with Crippen LogP contribution in [0, 0.1) is 13.8 Å². The number of thioether (sulfide) groups is 1. The summed E-state index contributed by atoms with van der Waals surface area (Å²) < 4.78 is 0. The van der Waals surface area contributed by atoms with Gasteiger partial charge < -0.3 is 4.98 Å². The Morgan fingerprint density at radius 3 is 2.81 bits per heavy atom. The quantitative estimate of drug-likeness (QED) is 0.641. The Bertz CT molecular complexity index is 697. The van der Waals surface area contributed by atoms with E-state index in [2.05, 4.69) is 25.5 Å². The Morgan fingerprint density at radius 1 is 1.48 bits per heavy atom. The van der Waals surface area contributed by atoms with Gasteiger partial charge in [0.05, 0.1) is 5.25 Å². The first-order valence-electron chi connectivity index (χ1n) is 6.33. The third-order valence-electron chi connectivity index (χ3n) is 2.52. The standard InChI is InChI=1S/C12H15N5O2S2/c1-4-8(10(19)15-12-17-16-7(3)20-12)21-11-13-6(2)5-9(18)14-11/h5,8H,4H2,1-3H3,(H,13,14,18)(H,15,17,19)/t8-/m1/s1. The number of aromatic amines is 1. The van der Waals surface area contributed by atoms with Crippen LogP contribution in [0.2, 0.25) is 0 Å². The van der Waals surface area contributed by atoms with Gasteiger partial charge in [0.25, 0.3) is 5.56 Å². The summed E-state index contributed by atoms with van der Waals surface area (Å²) in [5.74, 6) is -0.178. The van der Waals surface area contributed by atoms with Crippen molar-refractivity contribution in [2.45, 2.75) is 37.6 Å². The molecule has 1 atom stereocenters. The van der Waals surface area contributed by atoms with Crippen LogP contribution in [0.15, 0.2) is 16.0 Å². The van der Waals surface area contributed by atoms with E-state index in [0.29, 0.717) is 22.4 Å². The van der Waals surface area contributed by atoms with Crippen molar-refractivity contribution in [1.82, 2.24) is 20.2 Å². The minimum atomic E-state index is -0.362. The zero-order valence-corrected chi connectivity index (χ0v) is 13.5. The number of hydrogen-bond donors (Lipinski definition) is 2. The minimum absolute atomic E-state index is 0.178. The number of carbonyl (C=O) groups is 1. The summed E-state index contributed by atoms with van der Waals surface area (Å²) >= 11 is 2.55. The maximum absolute atomic E-state index is 12.2. The van der Waals surface area contributed by atoms with Gasteiger partial charge in [0.15, 0.2) is 5.16 Å². The SMILES string of the molecule is CC[C@@H](Sc1nc(C)cc(=O)[nH]1)C(=O)Nc1nnc(C)s1. The third-order valence-corrected chi connectivity index (χ3v) is 4.52. The van der Waals surface area contributed by atoms with E-state index in [1.54, 1.807) is 6.92 Å². The van der Waals surface area contributed by atoms with E-state index >= 15 is 0 Å². The summed E-state index contributed by atoms with van der Waals surface area (Å²) in [6, 6.07) is 1.41. The molecule has 7 nitrogen and oxygen atoms in total. The lowest BCUT2D eigenvalue weighted by Gasteiger charge is -2.12. The molecule has 9 heteroatoms. The second-order valence-corrected chi connectivity index (χ2v) is 6.70. The van der Waals surface area contributed by atoms with Gasteiger partial charge in [-0.3, -0.25) is 14.9 Å². The van der Waals surface area contributed by atoms with Gasteiger partial charge in [-0.15, -0.1) is 10.2 Å². The van der Waals surface area contributed by atoms with Crippen LogP contribution in [0.4, 0.5) is 5.13 Å². The summed E-state index contributed by atoms with van der Waals surface area (Å²) in [7, 11) is 0. The number of aryl methyl sites for hydroxylation is 2. The van der Waals surface area contributed by atoms with Crippen molar-refractivity contribution in [2.75, 3.05) is 5.32 Å². The number of anilines is 1. The molecule has 0 bridgehead atoms. The molecular formula is C12H15N5O2S2. The summed E-state index contributed by atoms with van der Waals surface area (Å²) in [5.41, 5.74) is 0.399. The third kappa shape index (κ3) is 4.36. The molecule has 0 spiro atoms. The fourth-order valence-electron chi connectivity index (χ4n) is 1.60.